The average Bonchev–Trinajstić information content (AvgIpc) is 3.14. The molecule has 0 spiro atoms. The van der Waals surface area contributed by atoms with Crippen molar-refractivity contribution in [2.45, 2.75) is 25.8 Å². The van der Waals surface area contributed by atoms with E-state index in [0.29, 0.717) is 5.92 Å². The second-order valence-electron chi connectivity index (χ2n) is 6.10. The van der Waals surface area contributed by atoms with Crippen LogP contribution in [0.5, 0.6) is 0 Å². The van der Waals surface area contributed by atoms with E-state index >= 15 is 0 Å². The third-order valence-electron chi connectivity index (χ3n) is 4.34. The van der Waals surface area contributed by atoms with Crippen molar-refractivity contribution in [3.63, 3.8) is 0 Å². The van der Waals surface area contributed by atoms with Gasteiger partial charge in [-0.2, -0.15) is 0 Å². The van der Waals surface area contributed by atoms with Crippen LogP contribution in [0, 0.1) is 6.92 Å². The highest BCUT2D eigenvalue weighted by atomic mass is 16.3. The molecule has 4 nitrogen and oxygen atoms in total. The van der Waals surface area contributed by atoms with Crippen molar-refractivity contribution in [2.75, 3.05) is 13.1 Å². The number of aryl methyl sites for hydroxylation is 1. The molecule has 1 unspecified atom stereocenters. The van der Waals surface area contributed by atoms with Crippen molar-refractivity contribution in [2.24, 2.45) is 0 Å². The van der Waals surface area contributed by atoms with Gasteiger partial charge in [0.2, 0.25) is 0 Å². The normalized spacial score (nSPS) is 19.0. The third-order valence-corrected chi connectivity index (χ3v) is 4.34. The summed E-state index contributed by atoms with van der Waals surface area (Å²) in [6.07, 6.45) is 4.81. The Balaban J connectivity index is 1.49. The highest BCUT2D eigenvalue weighted by Gasteiger charge is 2.27. The molecule has 0 amide bonds. The molecule has 1 atom stereocenters. The largest absolute Gasteiger partial charge is 0.440 e. The molecule has 22 heavy (non-hydrogen) atoms. The van der Waals surface area contributed by atoms with Gasteiger partial charge in [-0.25, -0.2) is 4.98 Å². The molecule has 0 N–H and O–H groups in total. The minimum Gasteiger partial charge on any atom is -0.440 e. The Morgan fingerprint density at radius 3 is 2.95 bits per heavy atom. The lowest BCUT2D eigenvalue weighted by Gasteiger charge is -2.14. The lowest BCUT2D eigenvalue weighted by Crippen LogP contribution is -2.19. The van der Waals surface area contributed by atoms with Crippen molar-refractivity contribution in [3.8, 4) is 0 Å². The van der Waals surface area contributed by atoms with Gasteiger partial charge in [0, 0.05) is 31.4 Å². The van der Waals surface area contributed by atoms with E-state index < -0.39 is 0 Å². The molecule has 4 heteroatoms. The number of likely N-dealkylation sites (tertiary alicyclic amines) is 1. The van der Waals surface area contributed by atoms with Crippen molar-refractivity contribution in [1.29, 1.82) is 0 Å². The number of benzene rings is 1. The molecule has 3 heterocycles. The Kier molecular flexibility index (Phi) is 3.39. The van der Waals surface area contributed by atoms with E-state index in [-0.39, 0.29) is 0 Å². The number of hydrogen-bond acceptors (Lipinski definition) is 4. The number of oxazole rings is 1. The molecule has 1 fully saturated rings. The summed E-state index contributed by atoms with van der Waals surface area (Å²) >= 11 is 0. The maximum Gasteiger partial charge on any atom is 0.199 e. The van der Waals surface area contributed by atoms with Crippen LogP contribution in [0.3, 0.4) is 0 Å². The van der Waals surface area contributed by atoms with Gasteiger partial charge in [-0.05, 0) is 55.3 Å². The van der Waals surface area contributed by atoms with Gasteiger partial charge >= 0.3 is 0 Å². The number of nitrogens with zero attached hydrogens (tertiary/aromatic N) is 3. The first-order valence-corrected chi connectivity index (χ1v) is 7.76. The monoisotopic (exact) mass is 293 g/mol. The smallest absolute Gasteiger partial charge is 0.199 e. The average molecular weight is 293 g/mol. The lowest BCUT2D eigenvalue weighted by atomic mass is 10.1. The quantitative estimate of drug-likeness (QED) is 0.741. The maximum atomic E-state index is 5.96. The maximum absolute atomic E-state index is 5.96. The van der Waals surface area contributed by atoms with Gasteiger partial charge in [0.15, 0.2) is 11.5 Å². The zero-order valence-corrected chi connectivity index (χ0v) is 12.7. The Bertz CT molecular complexity index is 781. The first-order valence-electron chi connectivity index (χ1n) is 7.76. The fraction of sp³-hybridized carbons (Fsp3) is 0.333. The Labute approximate surface area is 129 Å². The molecule has 1 saturated heterocycles. The molecule has 1 aliphatic heterocycles. The zero-order chi connectivity index (χ0) is 14.9. The molecule has 112 valence electrons. The van der Waals surface area contributed by atoms with Crippen LogP contribution in [-0.2, 0) is 6.54 Å². The molecule has 0 bridgehead atoms. The summed E-state index contributed by atoms with van der Waals surface area (Å²) in [4.78, 5) is 11.2. The van der Waals surface area contributed by atoms with Crippen molar-refractivity contribution in [3.05, 3.63) is 59.7 Å². The number of hydrogen-bond donors (Lipinski definition) is 0. The second kappa shape index (κ2) is 5.54. The van der Waals surface area contributed by atoms with Crippen molar-refractivity contribution in [1.82, 2.24) is 14.9 Å². The van der Waals surface area contributed by atoms with Gasteiger partial charge in [-0.15, -0.1) is 0 Å². The summed E-state index contributed by atoms with van der Waals surface area (Å²) in [5.41, 5.74) is 4.40. The number of rotatable bonds is 3. The molecular weight excluding hydrogens is 274 g/mol. The van der Waals surface area contributed by atoms with Crippen LogP contribution in [0.1, 0.15) is 29.4 Å². The van der Waals surface area contributed by atoms with E-state index in [1.165, 1.54) is 11.1 Å². The predicted octanol–water partition coefficient (Wildman–Crippen LogP) is 3.52. The van der Waals surface area contributed by atoms with Gasteiger partial charge < -0.3 is 4.42 Å². The van der Waals surface area contributed by atoms with E-state index in [4.69, 9.17) is 9.40 Å². The topological polar surface area (TPSA) is 42.2 Å². The second-order valence-corrected chi connectivity index (χ2v) is 6.10. The van der Waals surface area contributed by atoms with Gasteiger partial charge in [0.25, 0.3) is 0 Å². The zero-order valence-electron chi connectivity index (χ0n) is 12.7. The molecular formula is C18H19N3O. The van der Waals surface area contributed by atoms with Gasteiger partial charge in [-0.3, -0.25) is 9.88 Å². The Hall–Kier alpha value is -2.20. The predicted molar refractivity (Wildman–Crippen MR) is 85.6 cm³/mol. The lowest BCUT2D eigenvalue weighted by molar-refractivity contribution is 0.321. The third kappa shape index (κ3) is 2.62. The fourth-order valence-corrected chi connectivity index (χ4v) is 3.15. The van der Waals surface area contributed by atoms with E-state index in [1.807, 2.05) is 18.5 Å². The van der Waals surface area contributed by atoms with E-state index in [1.54, 1.807) is 0 Å². The van der Waals surface area contributed by atoms with Crippen LogP contribution < -0.4 is 0 Å². The van der Waals surface area contributed by atoms with E-state index in [2.05, 4.69) is 41.1 Å². The van der Waals surface area contributed by atoms with Crippen LogP contribution >= 0.6 is 0 Å². The molecule has 4 rings (SSSR count). The van der Waals surface area contributed by atoms with Gasteiger partial charge in [0.05, 0.1) is 0 Å². The fourth-order valence-electron chi connectivity index (χ4n) is 3.15. The summed E-state index contributed by atoms with van der Waals surface area (Å²) in [5, 5.41) is 0. The Morgan fingerprint density at radius 1 is 1.23 bits per heavy atom. The Morgan fingerprint density at radius 2 is 2.09 bits per heavy atom. The van der Waals surface area contributed by atoms with E-state index in [0.717, 1.165) is 43.0 Å². The SMILES string of the molecule is Cc1ccc2oc(C3CCN(Cc4ccncc4)C3)nc2c1. The molecule has 3 aromatic rings. The summed E-state index contributed by atoms with van der Waals surface area (Å²) < 4.78 is 5.96. The van der Waals surface area contributed by atoms with Crippen LogP contribution in [0.15, 0.2) is 47.1 Å². The first-order chi connectivity index (χ1) is 10.8. The number of pyridine rings is 1. The van der Waals surface area contributed by atoms with Gasteiger partial charge in [-0.1, -0.05) is 6.07 Å². The standard InChI is InChI=1S/C18H19N3O/c1-13-2-3-17-16(10-13)20-18(22-17)15-6-9-21(12-15)11-14-4-7-19-8-5-14/h2-5,7-8,10,15H,6,9,11-12H2,1H3. The molecule has 1 aromatic carbocycles. The molecule has 0 radical (unpaired) electrons. The highest BCUT2D eigenvalue weighted by molar-refractivity contribution is 5.73. The molecule has 2 aromatic heterocycles. The van der Waals surface area contributed by atoms with E-state index in [9.17, 15) is 0 Å². The van der Waals surface area contributed by atoms with Gasteiger partial charge in [0.1, 0.15) is 5.52 Å². The summed E-state index contributed by atoms with van der Waals surface area (Å²) in [5.74, 6) is 1.28. The van der Waals surface area contributed by atoms with Crippen LogP contribution in [0.25, 0.3) is 11.1 Å². The molecule has 0 saturated carbocycles. The summed E-state index contributed by atoms with van der Waals surface area (Å²) in [6.45, 7) is 5.15. The first kappa shape index (κ1) is 13.5. The number of aromatic nitrogens is 2. The van der Waals surface area contributed by atoms with Crippen molar-refractivity contribution < 1.29 is 4.42 Å². The van der Waals surface area contributed by atoms with Crippen molar-refractivity contribution >= 4 is 11.1 Å². The minimum absolute atomic E-state index is 0.398. The molecule has 0 aliphatic carbocycles. The van der Waals surface area contributed by atoms with Crippen LogP contribution in [0.2, 0.25) is 0 Å². The minimum atomic E-state index is 0.398. The summed E-state index contributed by atoms with van der Waals surface area (Å²) in [6, 6.07) is 10.3. The number of fused-ring (bicyclic) bond motifs is 1. The summed E-state index contributed by atoms with van der Waals surface area (Å²) in [7, 11) is 0. The molecule has 1 aliphatic rings. The highest BCUT2D eigenvalue weighted by Crippen LogP contribution is 2.30. The van der Waals surface area contributed by atoms with Crippen LogP contribution in [0.4, 0.5) is 0 Å². The van der Waals surface area contributed by atoms with Crippen LogP contribution in [-0.4, -0.2) is 28.0 Å².